The van der Waals surface area contributed by atoms with Crippen molar-refractivity contribution in [3.8, 4) is 17.3 Å². The number of anilines is 1. The number of Topliss-reactive ketones (excluding diaryl/α,β-unsaturated/α-hetero) is 1. The lowest BCUT2D eigenvalue weighted by Gasteiger charge is -2.14. The molecule has 1 aliphatic rings. The fraction of sp³-hybridized carbons (Fsp3) is 0.440. The van der Waals surface area contributed by atoms with E-state index in [0.717, 1.165) is 29.7 Å². The van der Waals surface area contributed by atoms with Crippen molar-refractivity contribution in [2.45, 2.75) is 52.5 Å². The Labute approximate surface area is 193 Å². The Morgan fingerprint density at radius 3 is 2.67 bits per heavy atom. The molecule has 0 saturated carbocycles. The van der Waals surface area contributed by atoms with E-state index in [9.17, 15) is 10.1 Å². The zero-order valence-corrected chi connectivity index (χ0v) is 19.3. The van der Waals surface area contributed by atoms with E-state index in [4.69, 9.17) is 15.0 Å². The van der Waals surface area contributed by atoms with E-state index < -0.39 is 0 Å². The van der Waals surface area contributed by atoms with Crippen molar-refractivity contribution < 1.29 is 14.1 Å². The number of nitrogens with two attached hydrogens (primary N) is 1. The van der Waals surface area contributed by atoms with Gasteiger partial charge in [0.1, 0.15) is 34.7 Å². The molecular formula is C25H29N5O3. The van der Waals surface area contributed by atoms with Crippen LogP contribution in [0.5, 0.6) is 0 Å². The molecule has 0 amide bonds. The fourth-order valence-corrected chi connectivity index (χ4v) is 4.08. The second-order valence-electron chi connectivity index (χ2n) is 9.79. The van der Waals surface area contributed by atoms with Crippen molar-refractivity contribution >= 4 is 11.6 Å². The number of benzene rings is 1. The van der Waals surface area contributed by atoms with Gasteiger partial charge in [0, 0.05) is 24.7 Å². The van der Waals surface area contributed by atoms with E-state index in [1.165, 1.54) is 0 Å². The molecular weight excluding hydrogens is 418 g/mol. The highest BCUT2D eigenvalue weighted by Gasteiger charge is 2.25. The first-order chi connectivity index (χ1) is 15.7. The molecule has 1 unspecified atom stereocenters. The van der Waals surface area contributed by atoms with Crippen LogP contribution in [-0.2, 0) is 28.8 Å². The third-order valence-corrected chi connectivity index (χ3v) is 5.63. The van der Waals surface area contributed by atoms with Crippen LogP contribution in [0.3, 0.4) is 0 Å². The molecule has 8 nitrogen and oxygen atoms in total. The quantitative estimate of drug-likeness (QED) is 0.583. The second kappa shape index (κ2) is 9.20. The van der Waals surface area contributed by atoms with Gasteiger partial charge in [-0.15, -0.1) is 0 Å². The number of hydrogen-bond acceptors (Lipinski definition) is 7. The summed E-state index contributed by atoms with van der Waals surface area (Å²) in [4.78, 5) is 12.6. The standard InChI is InChI=1S/C25H29N5O3/c1-25(2,3)13-18-11-21(33-29-18)12-20(31)10-16-4-6-17(7-5-16)23-22(14-26)24(27)30(28-23)19-8-9-32-15-19/h4-7,11,19H,8-10,12-13,15,27H2,1-3H3. The van der Waals surface area contributed by atoms with Crippen molar-refractivity contribution in [3.63, 3.8) is 0 Å². The number of ether oxygens (including phenoxy) is 1. The minimum absolute atomic E-state index is 0.0442. The molecule has 1 aliphatic heterocycles. The highest BCUT2D eigenvalue weighted by atomic mass is 16.5. The highest BCUT2D eigenvalue weighted by Crippen LogP contribution is 2.31. The summed E-state index contributed by atoms with van der Waals surface area (Å²) in [6, 6.07) is 11.6. The maximum absolute atomic E-state index is 12.6. The number of aromatic nitrogens is 3. The molecule has 33 heavy (non-hydrogen) atoms. The van der Waals surface area contributed by atoms with Gasteiger partial charge >= 0.3 is 0 Å². The molecule has 3 heterocycles. The van der Waals surface area contributed by atoms with Crippen molar-refractivity contribution in [3.05, 3.63) is 52.9 Å². The first-order valence-electron chi connectivity index (χ1n) is 11.1. The van der Waals surface area contributed by atoms with Crippen LogP contribution in [0, 0.1) is 16.7 Å². The zero-order chi connectivity index (χ0) is 23.6. The van der Waals surface area contributed by atoms with Gasteiger partial charge in [-0.3, -0.25) is 4.79 Å². The van der Waals surface area contributed by atoms with Crippen LogP contribution in [0.25, 0.3) is 11.3 Å². The summed E-state index contributed by atoms with van der Waals surface area (Å²) >= 11 is 0. The molecule has 0 radical (unpaired) electrons. The Hall–Kier alpha value is -3.44. The van der Waals surface area contributed by atoms with Crippen LogP contribution in [-0.4, -0.2) is 33.9 Å². The van der Waals surface area contributed by atoms with Gasteiger partial charge in [0.15, 0.2) is 0 Å². The number of nitrogen functional groups attached to an aromatic ring is 1. The Morgan fingerprint density at radius 1 is 1.27 bits per heavy atom. The lowest BCUT2D eigenvalue weighted by molar-refractivity contribution is -0.118. The molecule has 2 aromatic heterocycles. The average molecular weight is 448 g/mol. The molecule has 8 heteroatoms. The molecule has 0 spiro atoms. The molecule has 1 atom stereocenters. The van der Waals surface area contributed by atoms with E-state index in [2.05, 4.69) is 37.1 Å². The van der Waals surface area contributed by atoms with Crippen LogP contribution < -0.4 is 5.73 Å². The van der Waals surface area contributed by atoms with Gasteiger partial charge in [0.05, 0.1) is 24.8 Å². The fourth-order valence-electron chi connectivity index (χ4n) is 4.08. The lowest BCUT2D eigenvalue weighted by Crippen LogP contribution is -2.13. The zero-order valence-electron chi connectivity index (χ0n) is 19.3. The van der Waals surface area contributed by atoms with Crippen molar-refractivity contribution in [2.24, 2.45) is 5.41 Å². The Kier molecular flexibility index (Phi) is 6.34. The van der Waals surface area contributed by atoms with Crippen LogP contribution in [0.15, 0.2) is 34.9 Å². The van der Waals surface area contributed by atoms with E-state index in [1.807, 2.05) is 30.3 Å². The van der Waals surface area contributed by atoms with Crippen molar-refractivity contribution in [1.82, 2.24) is 14.9 Å². The molecule has 2 N–H and O–H groups in total. The van der Waals surface area contributed by atoms with Crippen molar-refractivity contribution in [2.75, 3.05) is 18.9 Å². The summed E-state index contributed by atoms with van der Waals surface area (Å²) < 4.78 is 12.5. The number of rotatable bonds is 7. The molecule has 1 aromatic carbocycles. The third-order valence-electron chi connectivity index (χ3n) is 5.63. The molecule has 1 fully saturated rings. The van der Waals surface area contributed by atoms with Gasteiger partial charge in [-0.25, -0.2) is 4.68 Å². The number of ketones is 1. The predicted octanol–water partition coefficient (Wildman–Crippen LogP) is 3.90. The largest absolute Gasteiger partial charge is 0.383 e. The van der Waals surface area contributed by atoms with Gasteiger partial charge in [0.25, 0.3) is 0 Å². The summed E-state index contributed by atoms with van der Waals surface area (Å²) in [6.07, 6.45) is 2.11. The summed E-state index contributed by atoms with van der Waals surface area (Å²) in [5, 5.41) is 18.3. The number of carbonyl (C=O) groups excluding carboxylic acids is 1. The molecule has 172 valence electrons. The normalized spacial score (nSPS) is 16.1. The van der Waals surface area contributed by atoms with Gasteiger partial charge < -0.3 is 15.0 Å². The molecule has 0 bridgehead atoms. The first kappa shape index (κ1) is 22.7. The molecule has 4 rings (SSSR count). The monoisotopic (exact) mass is 447 g/mol. The third kappa shape index (κ3) is 5.32. The number of nitriles is 1. The van der Waals surface area contributed by atoms with E-state index in [0.29, 0.717) is 36.0 Å². The number of hydrogen-bond donors (Lipinski definition) is 1. The summed E-state index contributed by atoms with van der Waals surface area (Å²) in [5.74, 6) is 1.00. The maximum Gasteiger partial charge on any atom is 0.144 e. The van der Waals surface area contributed by atoms with E-state index >= 15 is 0 Å². The SMILES string of the molecule is CC(C)(C)Cc1cc(CC(=O)Cc2ccc(-c3nn(C4CCOC4)c(N)c3C#N)cc2)on1. The van der Waals surface area contributed by atoms with Crippen LogP contribution >= 0.6 is 0 Å². The van der Waals surface area contributed by atoms with Gasteiger partial charge in [-0.2, -0.15) is 10.4 Å². The summed E-state index contributed by atoms with van der Waals surface area (Å²) in [7, 11) is 0. The second-order valence-corrected chi connectivity index (χ2v) is 9.79. The van der Waals surface area contributed by atoms with Crippen molar-refractivity contribution in [1.29, 1.82) is 5.26 Å². The highest BCUT2D eigenvalue weighted by molar-refractivity contribution is 5.83. The number of carbonyl (C=O) groups is 1. The van der Waals surface area contributed by atoms with Crippen LogP contribution in [0.1, 0.15) is 55.8 Å². The molecule has 1 saturated heterocycles. The predicted molar refractivity (Wildman–Crippen MR) is 123 cm³/mol. The average Bonchev–Trinajstić information content (AvgIpc) is 3.48. The Balaban J connectivity index is 1.43. The van der Waals surface area contributed by atoms with E-state index in [1.54, 1.807) is 4.68 Å². The topological polar surface area (TPSA) is 120 Å². The van der Waals surface area contributed by atoms with Crippen LogP contribution in [0.4, 0.5) is 5.82 Å². The van der Waals surface area contributed by atoms with Gasteiger partial charge in [-0.1, -0.05) is 50.2 Å². The van der Waals surface area contributed by atoms with Gasteiger partial charge in [-0.05, 0) is 23.8 Å². The minimum atomic E-state index is 0.0442. The lowest BCUT2D eigenvalue weighted by atomic mass is 9.90. The maximum atomic E-state index is 12.6. The summed E-state index contributed by atoms with van der Waals surface area (Å²) in [5.41, 5.74) is 9.76. The summed E-state index contributed by atoms with van der Waals surface area (Å²) in [6.45, 7) is 7.61. The molecule has 0 aliphatic carbocycles. The smallest absolute Gasteiger partial charge is 0.144 e. The first-order valence-corrected chi connectivity index (χ1v) is 11.1. The Morgan fingerprint density at radius 2 is 2.03 bits per heavy atom. The Bertz CT molecular complexity index is 1170. The van der Waals surface area contributed by atoms with Crippen LogP contribution in [0.2, 0.25) is 0 Å². The number of nitrogens with zero attached hydrogens (tertiary/aromatic N) is 4. The molecule has 3 aromatic rings. The minimum Gasteiger partial charge on any atom is -0.383 e. The van der Waals surface area contributed by atoms with E-state index in [-0.39, 0.29) is 30.1 Å². The van der Waals surface area contributed by atoms with Gasteiger partial charge in [0.2, 0.25) is 0 Å².